The molecule has 0 amide bonds. The average molecular weight is 327 g/mol. The fraction of sp³-hybridized carbons (Fsp3) is 0.526. The zero-order valence-corrected chi connectivity index (χ0v) is 14.0. The second-order valence-electron chi connectivity index (χ2n) is 6.64. The first-order valence-corrected chi connectivity index (χ1v) is 8.91. The number of nitrogens with zero attached hydrogens (tertiary/aromatic N) is 3. The van der Waals surface area contributed by atoms with Gasteiger partial charge in [-0.3, -0.25) is 4.90 Å². The topological polar surface area (TPSA) is 39.5 Å². The van der Waals surface area contributed by atoms with Crippen LogP contribution in [0.1, 0.15) is 31.0 Å². The van der Waals surface area contributed by atoms with Gasteiger partial charge in [-0.1, -0.05) is 6.07 Å². The van der Waals surface area contributed by atoms with Crippen molar-refractivity contribution in [3.63, 3.8) is 0 Å². The summed E-state index contributed by atoms with van der Waals surface area (Å²) in [6.07, 6.45) is 7.28. The van der Waals surface area contributed by atoms with Crippen molar-refractivity contribution < 1.29 is 9.47 Å². The number of hydrogen-bond acceptors (Lipinski definition) is 4. The molecular formula is C19H25N3O2. The molecule has 2 aliphatic rings. The fourth-order valence-electron chi connectivity index (χ4n) is 3.84. The van der Waals surface area contributed by atoms with Gasteiger partial charge < -0.3 is 14.0 Å². The standard InChI is InChI=1S/C19H25N3O2/c1-2-9-20-19(5-1)24-13-8-18-15-21(16-6-11-23-12-7-16)14-17-4-3-10-22(17)18/h1-5,9-10,16,18H,6-8,11-15H2/t18-/m1/s1. The van der Waals surface area contributed by atoms with Gasteiger partial charge >= 0.3 is 0 Å². The Bertz CT molecular complexity index is 637. The zero-order chi connectivity index (χ0) is 16.2. The van der Waals surface area contributed by atoms with Gasteiger partial charge in [0.1, 0.15) is 0 Å². The highest BCUT2D eigenvalue weighted by Crippen LogP contribution is 2.28. The van der Waals surface area contributed by atoms with Crippen molar-refractivity contribution in [1.82, 2.24) is 14.5 Å². The van der Waals surface area contributed by atoms with E-state index in [9.17, 15) is 0 Å². The Balaban J connectivity index is 1.39. The predicted molar refractivity (Wildman–Crippen MR) is 92.1 cm³/mol. The fourth-order valence-corrected chi connectivity index (χ4v) is 3.84. The second kappa shape index (κ2) is 7.36. The third-order valence-electron chi connectivity index (χ3n) is 5.12. The van der Waals surface area contributed by atoms with Crippen LogP contribution in [0, 0.1) is 0 Å². The smallest absolute Gasteiger partial charge is 0.213 e. The molecule has 2 aliphatic heterocycles. The quantitative estimate of drug-likeness (QED) is 0.846. The number of fused-ring (bicyclic) bond motifs is 1. The van der Waals surface area contributed by atoms with Gasteiger partial charge in [-0.05, 0) is 31.0 Å². The van der Waals surface area contributed by atoms with E-state index in [-0.39, 0.29) is 0 Å². The molecule has 5 nitrogen and oxygen atoms in total. The zero-order valence-electron chi connectivity index (χ0n) is 14.0. The lowest BCUT2D eigenvalue weighted by molar-refractivity contribution is 0.0163. The van der Waals surface area contributed by atoms with Crippen LogP contribution in [-0.4, -0.2) is 46.9 Å². The van der Waals surface area contributed by atoms with Gasteiger partial charge in [0, 0.05) is 69.0 Å². The number of hydrogen-bond donors (Lipinski definition) is 0. The first kappa shape index (κ1) is 15.7. The van der Waals surface area contributed by atoms with Crippen molar-refractivity contribution in [3.8, 4) is 5.88 Å². The number of pyridine rings is 1. The molecular weight excluding hydrogens is 302 g/mol. The average Bonchev–Trinajstić information content (AvgIpc) is 3.12. The number of aromatic nitrogens is 2. The molecule has 2 aromatic rings. The van der Waals surface area contributed by atoms with Crippen LogP contribution in [0.15, 0.2) is 42.7 Å². The van der Waals surface area contributed by atoms with Crippen LogP contribution in [0.25, 0.3) is 0 Å². The summed E-state index contributed by atoms with van der Waals surface area (Å²) in [5.74, 6) is 0.710. The maximum atomic E-state index is 5.82. The highest BCUT2D eigenvalue weighted by atomic mass is 16.5. The molecule has 4 rings (SSSR count). The molecule has 24 heavy (non-hydrogen) atoms. The van der Waals surface area contributed by atoms with Gasteiger partial charge in [-0.15, -0.1) is 0 Å². The van der Waals surface area contributed by atoms with E-state index in [1.54, 1.807) is 6.20 Å². The molecule has 2 aromatic heterocycles. The summed E-state index contributed by atoms with van der Waals surface area (Å²) in [6.45, 7) is 4.64. The van der Waals surface area contributed by atoms with Gasteiger partial charge in [0.2, 0.25) is 5.88 Å². The van der Waals surface area contributed by atoms with Gasteiger partial charge in [-0.2, -0.15) is 0 Å². The van der Waals surface area contributed by atoms with E-state index in [1.807, 2.05) is 18.2 Å². The van der Waals surface area contributed by atoms with Gasteiger partial charge in [0.15, 0.2) is 0 Å². The van der Waals surface area contributed by atoms with Crippen molar-refractivity contribution in [2.24, 2.45) is 0 Å². The van der Waals surface area contributed by atoms with E-state index in [0.29, 0.717) is 24.6 Å². The molecule has 0 spiro atoms. The molecule has 0 saturated carbocycles. The number of ether oxygens (including phenoxy) is 2. The van der Waals surface area contributed by atoms with Crippen LogP contribution < -0.4 is 4.74 Å². The van der Waals surface area contributed by atoms with Crippen LogP contribution in [0.5, 0.6) is 5.88 Å². The van der Waals surface area contributed by atoms with E-state index in [2.05, 4.69) is 32.8 Å². The molecule has 0 aromatic carbocycles. The Morgan fingerprint density at radius 1 is 1.17 bits per heavy atom. The van der Waals surface area contributed by atoms with Crippen LogP contribution in [-0.2, 0) is 11.3 Å². The van der Waals surface area contributed by atoms with Gasteiger partial charge in [-0.25, -0.2) is 4.98 Å². The molecule has 0 radical (unpaired) electrons. The Labute approximate surface area is 143 Å². The third-order valence-corrected chi connectivity index (χ3v) is 5.12. The van der Waals surface area contributed by atoms with Crippen LogP contribution in [0.2, 0.25) is 0 Å². The van der Waals surface area contributed by atoms with Crippen LogP contribution in [0.3, 0.4) is 0 Å². The minimum atomic E-state index is 0.468. The van der Waals surface area contributed by atoms with Crippen molar-refractivity contribution in [2.45, 2.75) is 37.9 Å². The normalized spacial score (nSPS) is 22.2. The molecule has 5 heteroatoms. The van der Waals surface area contributed by atoms with Crippen LogP contribution >= 0.6 is 0 Å². The molecule has 0 N–H and O–H groups in total. The molecule has 1 atom stereocenters. The summed E-state index contributed by atoms with van der Waals surface area (Å²) < 4.78 is 13.8. The second-order valence-corrected chi connectivity index (χ2v) is 6.64. The maximum Gasteiger partial charge on any atom is 0.213 e. The van der Waals surface area contributed by atoms with Crippen molar-refractivity contribution in [2.75, 3.05) is 26.4 Å². The van der Waals surface area contributed by atoms with E-state index in [1.165, 1.54) is 5.69 Å². The minimum Gasteiger partial charge on any atom is -0.478 e. The monoisotopic (exact) mass is 327 g/mol. The van der Waals surface area contributed by atoms with E-state index in [0.717, 1.165) is 45.6 Å². The largest absolute Gasteiger partial charge is 0.478 e. The Morgan fingerprint density at radius 3 is 2.92 bits per heavy atom. The summed E-state index contributed by atoms with van der Waals surface area (Å²) >= 11 is 0. The highest BCUT2D eigenvalue weighted by molar-refractivity contribution is 5.12. The Hall–Kier alpha value is -1.85. The Morgan fingerprint density at radius 2 is 2.08 bits per heavy atom. The van der Waals surface area contributed by atoms with Gasteiger partial charge in [0.05, 0.1) is 6.61 Å². The Kier molecular flexibility index (Phi) is 4.81. The molecule has 128 valence electrons. The van der Waals surface area contributed by atoms with E-state index >= 15 is 0 Å². The molecule has 1 fully saturated rings. The minimum absolute atomic E-state index is 0.468. The lowest BCUT2D eigenvalue weighted by Crippen LogP contribution is -2.45. The number of rotatable bonds is 5. The first-order chi connectivity index (χ1) is 11.9. The molecule has 0 bridgehead atoms. The molecule has 0 aliphatic carbocycles. The third kappa shape index (κ3) is 3.47. The summed E-state index contributed by atoms with van der Waals surface area (Å²) in [5, 5.41) is 0. The SMILES string of the molecule is c1ccc(OCC[C@@H]2CN(C3CCOCC3)Cc3cccn32)nc1. The van der Waals surface area contributed by atoms with Crippen molar-refractivity contribution >= 4 is 0 Å². The highest BCUT2D eigenvalue weighted by Gasteiger charge is 2.29. The van der Waals surface area contributed by atoms with Crippen molar-refractivity contribution in [1.29, 1.82) is 0 Å². The van der Waals surface area contributed by atoms with Crippen molar-refractivity contribution in [3.05, 3.63) is 48.4 Å². The summed E-state index contributed by atoms with van der Waals surface area (Å²) in [7, 11) is 0. The first-order valence-electron chi connectivity index (χ1n) is 8.91. The molecule has 1 saturated heterocycles. The van der Waals surface area contributed by atoms with Crippen LogP contribution in [0.4, 0.5) is 0 Å². The summed E-state index contributed by atoms with van der Waals surface area (Å²) in [5.41, 5.74) is 1.41. The van der Waals surface area contributed by atoms with Gasteiger partial charge in [0.25, 0.3) is 0 Å². The predicted octanol–water partition coefficient (Wildman–Crippen LogP) is 2.89. The van der Waals surface area contributed by atoms with E-state index in [4.69, 9.17) is 9.47 Å². The summed E-state index contributed by atoms with van der Waals surface area (Å²) in [4.78, 5) is 6.87. The summed E-state index contributed by atoms with van der Waals surface area (Å²) in [6, 6.07) is 11.3. The lowest BCUT2D eigenvalue weighted by atomic mass is 10.0. The van der Waals surface area contributed by atoms with E-state index < -0.39 is 0 Å². The lowest BCUT2D eigenvalue weighted by Gasteiger charge is -2.41. The molecule has 0 unspecified atom stereocenters. The molecule has 4 heterocycles. The maximum absolute atomic E-state index is 5.82.